The molecule has 0 aliphatic carbocycles. The molecule has 0 radical (unpaired) electrons. The van der Waals surface area contributed by atoms with Crippen LogP contribution in [0.2, 0.25) is 0 Å². The average molecular weight is 350 g/mol. The average Bonchev–Trinajstić information content (AvgIpc) is 2.49. The highest BCUT2D eigenvalue weighted by Crippen LogP contribution is 2.27. The second-order valence-corrected chi connectivity index (χ2v) is 4.77. The van der Waals surface area contributed by atoms with Crippen LogP contribution >= 0.6 is 0 Å². The van der Waals surface area contributed by atoms with Gasteiger partial charge >= 0.3 is 12.1 Å². The van der Waals surface area contributed by atoms with Crippen LogP contribution < -0.4 is 4.74 Å². The highest BCUT2D eigenvalue weighted by molar-refractivity contribution is 6.00. The van der Waals surface area contributed by atoms with Gasteiger partial charge in [0.2, 0.25) is 0 Å². The number of hydrogen-bond donors (Lipinski definition) is 1. The number of nitrogens with zero attached hydrogens (tertiary/aromatic N) is 2. The van der Waals surface area contributed by atoms with Gasteiger partial charge in [-0.2, -0.15) is 13.2 Å². The van der Waals surface area contributed by atoms with Crippen LogP contribution in [0.3, 0.4) is 0 Å². The first-order chi connectivity index (χ1) is 10.9. The molecule has 0 aliphatic rings. The van der Waals surface area contributed by atoms with Gasteiger partial charge in [-0.05, 0) is 19.1 Å². The van der Waals surface area contributed by atoms with Crippen LogP contribution in [0.1, 0.15) is 17.3 Å². The van der Waals surface area contributed by atoms with Crippen molar-refractivity contribution in [2.45, 2.75) is 19.1 Å². The molecule has 1 atom stereocenters. The fourth-order valence-electron chi connectivity index (χ4n) is 1.63. The van der Waals surface area contributed by atoms with Crippen LogP contribution in [0.5, 0.6) is 5.75 Å². The van der Waals surface area contributed by atoms with Crippen molar-refractivity contribution in [3.8, 4) is 5.75 Å². The van der Waals surface area contributed by atoms with Gasteiger partial charge in [0, 0.05) is 13.1 Å². The molecule has 1 N–H and O–H groups in total. The molecule has 0 saturated carbocycles. The van der Waals surface area contributed by atoms with E-state index >= 15 is 0 Å². The molecule has 1 aromatic carbocycles. The number of nitro benzene ring substituents is 1. The Morgan fingerprint density at radius 2 is 2.00 bits per heavy atom. The lowest BCUT2D eigenvalue weighted by molar-refractivity contribution is -0.385. The van der Waals surface area contributed by atoms with Crippen LogP contribution in [0.15, 0.2) is 18.2 Å². The molecule has 0 bridgehead atoms. The van der Waals surface area contributed by atoms with E-state index < -0.39 is 52.6 Å². The summed E-state index contributed by atoms with van der Waals surface area (Å²) in [7, 11) is 1.11. The fraction of sp³-hybridized carbons (Fsp3) is 0.385. The molecule has 0 aliphatic heterocycles. The predicted octanol–water partition coefficient (Wildman–Crippen LogP) is 2.08. The molecule has 1 amide bonds. The largest absolute Gasteiger partial charge is 0.484 e. The molecule has 0 aromatic heterocycles. The normalized spacial score (nSPS) is 12.4. The van der Waals surface area contributed by atoms with Crippen molar-refractivity contribution in [1.29, 1.82) is 0 Å². The van der Waals surface area contributed by atoms with Crippen LogP contribution in [-0.2, 0) is 4.79 Å². The summed E-state index contributed by atoms with van der Waals surface area (Å²) >= 11 is 0. The number of benzene rings is 1. The minimum atomic E-state index is -4.62. The Morgan fingerprint density at radius 3 is 2.46 bits per heavy atom. The van der Waals surface area contributed by atoms with Crippen molar-refractivity contribution in [2.24, 2.45) is 0 Å². The standard InChI is InChI=1S/C13H13F3N2O6/c1-7(12(20)21)17(2)11(19)9-5-8(24-6-13(14,15)16)3-4-10(9)18(22)23/h3-5,7H,6H2,1-2H3,(H,20,21). The molecule has 1 rings (SSSR count). The molecule has 11 heteroatoms. The van der Waals surface area contributed by atoms with Crippen LogP contribution in [0, 0.1) is 10.1 Å². The van der Waals surface area contributed by atoms with E-state index in [9.17, 15) is 32.9 Å². The number of alkyl halides is 3. The third kappa shape index (κ3) is 4.83. The van der Waals surface area contributed by atoms with E-state index in [1.165, 1.54) is 6.92 Å². The van der Waals surface area contributed by atoms with Crippen molar-refractivity contribution in [3.63, 3.8) is 0 Å². The van der Waals surface area contributed by atoms with Crippen molar-refractivity contribution in [3.05, 3.63) is 33.9 Å². The molecule has 132 valence electrons. The summed E-state index contributed by atoms with van der Waals surface area (Å²) in [6.45, 7) is -0.462. The Labute approximate surface area is 133 Å². The fourth-order valence-corrected chi connectivity index (χ4v) is 1.63. The second kappa shape index (κ2) is 7.15. The summed E-state index contributed by atoms with van der Waals surface area (Å²) in [6.07, 6.45) is -4.62. The maximum atomic E-state index is 12.2. The minimum absolute atomic E-state index is 0.405. The van der Waals surface area contributed by atoms with Crippen molar-refractivity contribution >= 4 is 17.6 Å². The third-order valence-corrected chi connectivity index (χ3v) is 3.06. The SMILES string of the molecule is CC(C(=O)O)N(C)C(=O)c1cc(OCC(F)(F)F)ccc1[N+](=O)[O-]. The van der Waals surface area contributed by atoms with Gasteiger partial charge in [0.25, 0.3) is 11.6 Å². The third-order valence-electron chi connectivity index (χ3n) is 3.06. The number of likely N-dealkylation sites (N-methyl/N-ethyl adjacent to an activating group) is 1. The van der Waals surface area contributed by atoms with E-state index in [1.807, 2.05) is 0 Å². The van der Waals surface area contributed by atoms with E-state index in [2.05, 4.69) is 4.74 Å². The highest BCUT2D eigenvalue weighted by Gasteiger charge is 2.31. The molecule has 0 spiro atoms. The maximum absolute atomic E-state index is 12.2. The summed E-state index contributed by atoms with van der Waals surface area (Å²) in [5, 5.41) is 19.9. The number of carboxylic acid groups (broad SMARTS) is 1. The summed E-state index contributed by atoms with van der Waals surface area (Å²) < 4.78 is 40.9. The number of amides is 1. The van der Waals surface area contributed by atoms with Crippen molar-refractivity contribution in [1.82, 2.24) is 4.90 Å². The van der Waals surface area contributed by atoms with Crippen LogP contribution in [0.4, 0.5) is 18.9 Å². The Bertz CT molecular complexity index is 662. The van der Waals surface area contributed by atoms with Gasteiger partial charge in [0.15, 0.2) is 6.61 Å². The van der Waals surface area contributed by atoms with E-state index in [1.54, 1.807) is 0 Å². The van der Waals surface area contributed by atoms with Gasteiger partial charge in [-0.25, -0.2) is 4.79 Å². The number of rotatable bonds is 6. The van der Waals surface area contributed by atoms with Crippen molar-refractivity contribution in [2.75, 3.05) is 13.7 Å². The van der Waals surface area contributed by atoms with E-state index in [-0.39, 0.29) is 0 Å². The topological polar surface area (TPSA) is 110 Å². The second-order valence-electron chi connectivity index (χ2n) is 4.77. The summed E-state index contributed by atoms with van der Waals surface area (Å²) in [6, 6.07) is 1.22. The summed E-state index contributed by atoms with van der Waals surface area (Å²) in [5.41, 5.74) is -1.25. The molecule has 1 aromatic rings. The Kier molecular flexibility index (Phi) is 5.72. The smallest absolute Gasteiger partial charge is 0.422 e. The lowest BCUT2D eigenvalue weighted by atomic mass is 10.1. The zero-order valence-electron chi connectivity index (χ0n) is 12.5. The van der Waals surface area contributed by atoms with Gasteiger partial charge in [0.05, 0.1) is 4.92 Å². The molecule has 8 nitrogen and oxygen atoms in total. The highest BCUT2D eigenvalue weighted by atomic mass is 19.4. The minimum Gasteiger partial charge on any atom is -0.484 e. The number of halogens is 3. The Hall–Kier alpha value is -2.85. The summed E-state index contributed by atoms with van der Waals surface area (Å²) in [5.74, 6) is -2.79. The van der Waals surface area contributed by atoms with E-state index in [0.717, 1.165) is 30.1 Å². The van der Waals surface area contributed by atoms with Crippen LogP contribution in [0.25, 0.3) is 0 Å². The Balaban J connectivity index is 3.20. The lowest BCUT2D eigenvalue weighted by Crippen LogP contribution is -2.40. The number of carbonyl (C=O) groups excluding carboxylic acids is 1. The quantitative estimate of drug-likeness (QED) is 0.621. The maximum Gasteiger partial charge on any atom is 0.422 e. The first-order valence-electron chi connectivity index (χ1n) is 6.42. The molecule has 1 unspecified atom stereocenters. The van der Waals surface area contributed by atoms with Gasteiger partial charge in [-0.3, -0.25) is 14.9 Å². The Morgan fingerprint density at radius 1 is 1.42 bits per heavy atom. The number of aliphatic carboxylic acids is 1. The molecular formula is C13H13F3N2O6. The molecule has 24 heavy (non-hydrogen) atoms. The van der Waals surface area contributed by atoms with Gasteiger partial charge < -0.3 is 14.7 Å². The summed E-state index contributed by atoms with van der Waals surface area (Å²) in [4.78, 5) is 33.9. The van der Waals surface area contributed by atoms with Gasteiger partial charge in [0.1, 0.15) is 17.4 Å². The van der Waals surface area contributed by atoms with E-state index in [0.29, 0.717) is 0 Å². The molecule has 0 saturated heterocycles. The predicted molar refractivity (Wildman–Crippen MR) is 73.8 cm³/mol. The van der Waals surface area contributed by atoms with Gasteiger partial charge in [-0.1, -0.05) is 0 Å². The first kappa shape index (κ1) is 19.2. The lowest BCUT2D eigenvalue weighted by Gasteiger charge is -2.21. The zero-order chi connectivity index (χ0) is 18.7. The monoisotopic (exact) mass is 350 g/mol. The molecule has 0 fully saturated rings. The number of carboxylic acids is 1. The van der Waals surface area contributed by atoms with Crippen molar-refractivity contribution < 1.29 is 37.5 Å². The number of hydrogen-bond acceptors (Lipinski definition) is 5. The number of carbonyl (C=O) groups is 2. The number of ether oxygens (including phenoxy) is 1. The number of nitro groups is 1. The molecule has 0 heterocycles. The molecular weight excluding hydrogens is 337 g/mol. The first-order valence-corrected chi connectivity index (χ1v) is 6.42. The van der Waals surface area contributed by atoms with Gasteiger partial charge in [-0.15, -0.1) is 0 Å². The van der Waals surface area contributed by atoms with Crippen LogP contribution in [-0.4, -0.2) is 52.7 Å². The van der Waals surface area contributed by atoms with E-state index in [4.69, 9.17) is 5.11 Å². The zero-order valence-corrected chi connectivity index (χ0v) is 12.5.